The maximum atomic E-state index is 11.8. The van der Waals surface area contributed by atoms with Crippen LogP contribution < -0.4 is 4.74 Å². The van der Waals surface area contributed by atoms with Crippen LogP contribution in [0.3, 0.4) is 0 Å². The maximum Gasteiger partial charge on any atom is 0.311 e. The lowest BCUT2D eigenvalue weighted by molar-refractivity contribution is -0.147. The van der Waals surface area contributed by atoms with E-state index in [9.17, 15) is 4.79 Å². The lowest BCUT2D eigenvalue weighted by atomic mass is 9.97. The molecule has 1 saturated heterocycles. The Labute approximate surface area is 125 Å². The molecule has 1 fully saturated rings. The topological polar surface area (TPSA) is 54.0 Å². The minimum atomic E-state index is -0.241. The van der Waals surface area contributed by atoms with Crippen molar-refractivity contribution in [3.05, 3.63) is 30.3 Å². The second-order valence-corrected chi connectivity index (χ2v) is 5.07. The SMILES string of the molecule is COCC[C@@H]1O[C@H](COc2ccccc2)C[C@@H]1C(=O)OC. The fourth-order valence-corrected chi connectivity index (χ4v) is 2.55. The summed E-state index contributed by atoms with van der Waals surface area (Å²) >= 11 is 0. The molecule has 1 heterocycles. The van der Waals surface area contributed by atoms with Gasteiger partial charge in [-0.1, -0.05) is 18.2 Å². The van der Waals surface area contributed by atoms with Gasteiger partial charge in [0.15, 0.2) is 0 Å². The molecule has 5 nitrogen and oxygen atoms in total. The van der Waals surface area contributed by atoms with Crippen LogP contribution in [0.15, 0.2) is 30.3 Å². The molecule has 1 aliphatic heterocycles. The van der Waals surface area contributed by atoms with Crippen LogP contribution in [0.2, 0.25) is 0 Å². The summed E-state index contributed by atoms with van der Waals surface area (Å²) in [6.45, 7) is 0.991. The lowest BCUT2D eigenvalue weighted by Crippen LogP contribution is -2.26. The van der Waals surface area contributed by atoms with Crippen LogP contribution in [0.25, 0.3) is 0 Å². The van der Waals surface area contributed by atoms with Gasteiger partial charge in [0, 0.05) is 13.7 Å². The van der Waals surface area contributed by atoms with Gasteiger partial charge in [-0.3, -0.25) is 4.79 Å². The van der Waals surface area contributed by atoms with E-state index in [1.165, 1.54) is 7.11 Å². The summed E-state index contributed by atoms with van der Waals surface area (Å²) in [5.41, 5.74) is 0. The van der Waals surface area contributed by atoms with Gasteiger partial charge < -0.3 is 18.9 Å². The van der Waals surface area contributed by atoms with Crippen LogP contribution >= 0.6 is 0 Å². The van der Waals surface area contributed by atoms with Crippen molar-refractivity contribution in [2.45, 2.75) is 25.0 Å². The Bertz CT molecular complexity index is 434. The van der Waals surface area contributed by atoms with E-state index < -0.39 is 0 Å². The average Bonchev–Trinajstić information content (AvgIpc) is 2.94. The Hall–Kier alpha value is -1.59. The molecule has 0 aromatic heterocycles. The molecule has 0 aliphatic carbocycles. The van der Waals surface area contributed by atoms with Crippen LogP contribution in [0.1, 0.15) is 12.8 Å². The molecule has 0 radical (unpaired) electrons. The summed E-state index contributed by atoms with van der Waals surface area (Å²) in [6, 6.07) is 9.57. The molecule has 1 aromatic carbocycles. The molecule has 0 spiro atoms. The Morgan fingerprint density at radius 3 is 2.71 bits per heavy atom. The minimum absolute atomic E-state index is 0.101. The zero-order valence-electron chi connectivity index (χ0n) is 12.5. The zero-order chi connectivity index (χ0) is 15.1. The number of rotatable bonds is 7. The van der Waals surface area contributed by atoms with Crippen LogP contribution in [0.5, 0.6) is 5.75 Å². The molecule has 3 atom stereocenters. The second kappa shape index (κ2) is 8.00. The number of benzene rings is 1. The van der Waals surface area contributed by atoms with Crippen molar-refractivity contribution in [2.75, 3.05) is 27.4 Å². The van der Waals surface area contributed by atoms with Crippen LogP contribution in [-0.2, 0) is 19.0 Å². The first-order chi connectivity index (χ1) is 10.2. The number of para-hydroxylation sites is 1. The number of methoxy groups -OCH3 is 2. The molecule has 0 amide bonds. The van der Waals surface area contributed by atoms with E-state index in [1.807, 2.05) is 30.3 Å². The van der Waals surface area contributed by atoms with Crippen molar-refractivity contribution in [3.8, 4) is 5.75 Å². The molecule has 0 unspecified atom stereocenters. The standard InChI is InChI=1S/C16H22O5/c1-18-9-8-15-14(16(17)19-2)10-13(21-15)11-20-12-6-4-3-5-7-12/h3-7,13-15H,8-11H2,1-2H3/t13-,14-,15-/m0/s1. The van der Waals surface area contributed by atoms with Crippen LogP contribution in [0, 0.1) is 5.92 Å². The van der Waals surface area contributed by atoms with E-state index in [4.69, 9.17) is 18.9 Å². The predicted octanol–water partition coefficient (Wildman–Crippen LogP) is 2.05. The van der Waals surface area contributed by atoms with E-state index in [0.29, 0.717) is 26.1 Å². The van der Waals surface area contributed by atoms with E-state index >= 15 is 0 Å². The summed E-state index contributed by atoms with van der Waals surface area (Å²) in [5.74, 6) is 0.337. The highest BCUT2D eigenvalue weighted by Crippen LogP contribution is 2.30. The van der Waals surface area contributed by atoms with Gasteiger partial charge in [0.25, 0.3) is 0 Å². The molecule has 1 aliphatic rings. The van der Waals surface area contributed by atoms with Crippen molar-refractivity contribution < 1.29 is 23.7 Å². The van der Waals surface area contributed by atoms with E-state index in [-0.39, 0.29) is 24.1 Å². The highest BCUT2D eigenvalue weighted by molar-refractivity contribution is 5.73. The van der Waals surface area contributed by atoms with Crippen molar-refractivity contribution in [1.29, 1.82) is 0 Å². The zero-order valence-corrected chi connectivity index (χ0v) is 12.5. The third kappa shape index (κ3) is 4.44. The van der Waals surface area contributed by atoms with Gasteiger partial charge in [0.2, 0.25) is 0 Å². The van der Waals surface area contributed by atoms with Gasteiger partial charge >= 0.3 is 5.97 Å². The summed E-state index contributed by atoms with van der Waals surface area (Å²) in [4.78, 5) is 11.8. The Morgan fingerprint density at radius 2 is 2.05 bits per heavy atom. The van der Waals surface area contributed by atoms with Gasteiger partial charge in [-0.05, 0) is 25.0 Å². The second-order valence-electron chi connectivity index (χ2n) is 5.07. The summed E-state index contributed by atoms with van der Waals surface area (Å²) in [6.07, 6.45) is 1.03. The molecule has 5 heteroatoms. The molecule has 116 valence electrons. The number of hydrogen-bond acceptors (Lipinski definition) is 5. The first kappa shape index (κ1) is 15.8. The molecule has 0 N–H and O–H groups in total. The quantitative estimate of drug-likeness (QED) is 0.720. The number of carbonyl (C=O) groups excluding carboxylic acids is 1. The molecule has 1 aromatic rings. The van der Waals surface area contributed by atoms with Gasteiger partial charge in [-0.2, -0.15) is 0 Å². The average molecular weight is 294 g/mol. The monoisotopic (exact) mass is 294 g/mol. The fraction of sp³-hybridized carbons (Fsp3) is 0.562. The summed E-state index contributed by atoms with van der Waals surface area (Å²) in [7, 11) is 3.04. The maximum absolute atomic E-state index is 11.8. The van der Waals surface area contributed by atoms with Gasteiger partial charge in [0.1, 0.15) is 12.4 Å². The molecular weight excluding hydrogens is 272 g/mol. The molecule has 0 bridgehead atoms. The third-order valence-corrected chi connectivity index (χ3v) is 3.62. The summed E-state index contributed by atoms with van der Waals surface area (Å²) in [5, 5.41) is 0. The van der Waals surface area contributed by atoms with Crippen molar-refractivity contribution in [1.82, 2.24) is 0 Å². The highest BCUT2D eigenvalue weighted by atomic mass is 16.6. The highest BCUT2D eigenvalue weighted by Gasteiger charge is 2.40. The van der Waals surface area contributed by atoms with Gasteiger partial charge in [-0.15, -0.1) is 0 Å². The van der Waals surface area contributed by atoms with Gasteiger partial charge in [-0.25, -0.2) is 0 Å². The largest absolute Gasteiger partial charge is 0.491 e. The smallest absolute Gasteiger partial charge is 0.311 e. The van der Waals surface area contributed by atoms with E-state index in [0.717, 1.165) is 5.75 Å². The molecule has 2 rings (SSSR count). The molecular formula is C16H22O5. The first-order valence-electron chi connectivity index (χ1n) is 7.14. The third-order valence-electron chi connectivity index (χ3n) is 3.62. The summed E-state index contributed by atoms with van der Waals surface area (Å²) < 4.78 is 21.5. The normalized spacial score (nSPS) is 24.8. The van der Waals surface area contributed by atoms with Crippen molar-refractivity contribution >= 4 is 5.97 Å². The Balaban J connectivity index is 1.88. The number of carbonyl (C=O) groups is 1. The van der Waals surface area contributed by atoms with Crippen molar-refractivity contribution in [2.24, 2.45) is 5.92 Å². The van der Waals surface area contributed by atoms with E-state index in [1.54, 1.807) is 7.11 Å². The minimum Gasteiger partial charge on any atom is -0.491 e. The Morgan fingerprint density at radius 1 is 1.29 bits per heavy atom. The number of hydrogen-bond donors (Lipinski definition) is 0. The molecule has 0 saturated carbocycles. The fourth-order valence-electron chi connectivity index (χ4n) is 2.55. The predicted molar refractivity (Wildman–Crippen MR) is 77.2 cm³/mol. The van der Waals surface area contributed by atoms with E-state index in [2.05, 4.69) is 0 Å². The van der Waals surface area contributed by atoms with Crippen molar-refractivity contribution in [3.63, 3.8) is 0 Å². The van der Waals surface area contributed by atoms with Crippen LogP contribution in [0.4, 0.5) is 0 Å². The Kier molecular flexibility index (Phi) is 6.02. The van der Waals surface area contributed by atoms with Gasteiger partial charge in [0.05, 0.1) is 25.2 Å². The number of esters is 1. The first-order valence-corrected chi connectivity index (χ1v) is 7.14. The lowest BCUT2D eigenvalue weighted by Gasteiger charge is -2.16. The number of ether oxygens (including phenoxy) is 4. The molecule has 21 heavy (non-hydrogen) atoms. The van der Waals surface area contributed by atoms with Crippen LogP contribution in [-0.4, -0.2) is 45.6 Å².